The molecule has 182 valence electrons. The highest BCUT2D eigenvalue weighted by Gasteiger charge is 2.61. The lowest BCUT2D eigenvalue weighted by Crippen LogP contribution is -2.51. The summed E-state index contributed by atoms with van der Waals surface area (Å²) in [5, 5.41) is 2.03. The summed E-state index contributed by atoms with van der Waals surface area (Å²) < 4.78 is 49.4. The number of alkyl carbamates (subject to hydrolysis) is 1. The molecule has 3 heterocycles. The second-order valence-corrected chi connectivity index (χ2v) is 10.7. The van der Waals surface area contributed by atoms with Crippen LogP contribution >= 0.6 is 11.3 Å². The van der Waals surface area contributed by atoms with E-state index in [1.165, 1.54) is 6.07 Å². The van der Waals surface area contributed by atoms with Crippen LogP contribution in [-0.4, -0.2) is 41.2 Å². The first-order chi connectivity index (χ1) is 15.3. The summed E-state index contributed by atoms with van der Waals surface area (Å²) in [5.74, 6) is 0. The Bertz CT molecular complexity index is 962. The Labute approximate surface area is 197 Å². The zero-order valence-electron chi connectivity index (χ0n) is 19.8. The molecule has 0 spiro atoms. The molecule has 1 amide bonds. The first-order valence-electron chi connectivity index (χ1n) is 11.1. The molecule has 33 heavy (non-hydrogen) atoms. The minimum Gasteiger partial charge on any atom is -0.383 e. The van der Waals surface area contributed by atoms with Crippen LogP contribution in [0.5, 0.6) is 0 Å². The standard InChI is InChI=1S/C24H32F3N3O2S/c1-16(2)29-21(31)32-24(26,27)23(11-10-19-8-9-20(25)33-19)12-13-30(15-23)22(4,5)18-7-6-17(3)28-14-18/h6-9,14,16H,10-13,15H2,1-5H3,(H,29,31). The van der Waals surface area contributed by atoms with Crippen LogP contribution in [0.15, 0.2) is 30.5 Å². The summed E-state index contributed by atoms with van der Waals surface area (Å²) >= 11 is 0.954. The van der Waals surface area contributed by atoms with Gasteiger partial charge in [0.05, 0.1) is 5.41 Å². The number of alkyl halides is 2. The summed E-state index contributed by atoms with van der Waals surface area (Å²) in [4.78, 5) is 19.1. The number of hydrogen-bond donors (Lipinski definition) is 1. The maximum atomic E-state index is 15.6. The number of amides is 1. The molecule has 1 unspecified atom stereocenters. The van der Waals surface area contributed by atoms with E-state index >= 15 is 8.78 Å². The Morgan fingerprint density at radius 1 is 1.30 bits per heavy atom. The zero-order chi connectivity index (χ0) is 24.4. The van der Waals surface area contributed by atoms with E-state index in [1.807, 2.05) is 37.8 Å². The molecule has 0 radical (unpaired) electrons. The third kappa shape index (κ3) is 5.69. The van der Waals surface area contributed by atoms with Gasteiger partial charge in [-0.1, -0.05) is 6.07 Å². The third-order valence-electron chi connectivity index (χ3n) is 6.49. The fourth-order valence-electron chi connectivity index (χ4n) is 4.29. The predicted molar refractivity (Wildman–Crippen MR) is 123 cm³/mol. The van der Waals surface area contributed by atoms with E-state index in [0.29, 0.717) is 11.4 Å². The second kappa shape index (κ2) is 9.62. The largest absolute Gasteiger partial charge is 0.412 e. The first-order valence-corrected chi connectivity index (χ1v) is 12.0. The van der Waals surface area contributed by atoms with E-state index < -0.39 is 23.2 Å². The molecule has 0 saturated carbocycles. The minimum atomic E-state index is -3.70. The van der Waals surface area contributed by atoms with Gasteiger partial charge < -0.3 is 10.1 Å². The van der Waals surface area contributed by atoms with Gasteiger partial charge in [0, 0.05) is 34.9 Å². The number of pyridine rings is 1. The third-order valence-corrected chi connectivity index (χ3v) is 7.42. The molecule has 0 aliphatic carbocycles. The number of thiophene rings is 1. The van der Waals surface area contributed by atoms with Gasteiger partial charge in [-0.25, -0.2) is 4.79 Å². The Kier molecular flexibility index (Phi) is 7.43. The Balaban J connectivity index is 1.87. The molecule has 1 saturated heterocycles. The number of aryl methyl sites for hydroxylation is 2. The van der Waals surface area contributed by atoms with Crippen molar-refractivity contribution in [1.29, 1.82) is 0 Å². The van der Waals surface area contributed by atoms with Gasteiger partial charge in [-0.2, -0.15) is 13.2 Å². The molecular weight excluding hydrogens is 451 g/mol. The van der Waals surface area contributed by atoms with Crippen LogP contribution in [0.25, 0.3) is 0 Å². The molecule has 5 nitrogen and oxygen atoms in total. The van der Waals surface area contributed by atoms with Crippen LogP contribution in [0.1, 0.15) is 56.7 Å². The van der Waals surface area contributed by atoms with E-state index in [-0.39, 0.29) is 37.0 Å². The van der Waals surface area contributed by atoms with Crippen molar-refractivity contribution in [3.63, 3.8) is 0 Å². The minimum absolute atomic E-state index is 0.0314. The van der Waals surface area contributed by atoms with E-state index in [0.717, 1.165) is 22.6 Å². The number of halogens is 3. The van der Waals surface area contributed by atoms with E-state index in [2.05, 4.69) is 10.3 Å². The summed E-state index contributed by atoms with van der Waals surface area (Å²) in [6.45, 7) is 9.65. The number of carbonyl (C=O) groups excluding carboxylic acids is 1. The molecule has 0 aromatic carbocycles. The number of hydrogen-bond acceptors (Lipinski definition) is 5. The van der Waals surface area contributed by atoms with Crippen molar-refractivity contribution in [3.05, 3.63) is 51.7 Å². The fourth-order valence-corrected chi connectivity index (χ4v) is 5.01. The van der Waals surface area contributed by atoms with Crippen molar-refractivity contribution in [1.82, 2.24) is 15.2 Å². The summed E-state index contributed by atoms with van der Waals surface area (Å²) in [6.07, 6.45) is -2.58. The Hall–Kier alpha value is -2.13. The van der Waals surface area contributed by atoms with Crippen molar-refractivity contribution >= 4 is 17.4 Å². The molecule has 2 aromatic heterocycles. The molecule has 1 N–H and O–H groups in total. The van der Waals surface area contributed by atoms with Gasteiger partial charge in [0.2, 0.25) is 0 Å². The lowest BCUT2D eigenvalue weighted by Gasteiger charge is -2.40. The molecule has 0 bridgehead atoms. The van der Waals surface area contributed by atoms with Gasteiger partial charge in [-0.05, 0) is 84.2 Å². The lowest BCUT2D eigenvalue weighted by molar-refractivity contribution is -0.274. The maximum absolute atomic E-state index is 15.6. The predicted octanol–water partition coefficient (Wildman–Crippen LogP) is 5.88. The topological polar surface area (TPSA) is 54.5 Å². The maximum Gasteiger partial charge on any atom is 0.412 e. The smallest absolute Gasteiger partial charge is 0.383 e. The summed E-state index contributed by atoms with van der Waals surface area (Å²) in [5.41, 5.74) is -0.346. The highest BCUT2D eigenvalue weighted by Crippen LogP contribution is 2.51. The zero-order valence-corrected chi connectivity index (χ0v) is 20.6. The molecule has 1 aliphatic heterocycles. The highest BCUT2D eigenvalue weighted by molar-refractivity contribution is 7.10. The van der Waals surface area contributed by atoms with Crippen molar-refractivity contribution in [2.24, 2.45) is 5.41 Å². The number of ether oxygens (including phenoxy) is 1. The van der Waals surface area contributed by atoms with Crippen molar-refractivity contribution < 1.29 is 22.7 Å². The normalized spacial score (nSPS) is 19.8. The fraction of sp³-hybridized carbons (Fsp3) is 0.583. The number of nitrogens with one attached hydrogen (secondary N) is 1. The number of likely N-dealkylation sites (tertiary alicyclic amines) is 1. The number of rotatable bonds is 8. The van der Waals surface area contributed by atoms with Gasteiger partial charge in [-0.3, -0.25) is 9.88 Å². The van der Waals surface area contributed by atoms with Gasteiger partial charge in [0.15, 0.2) is 5.13 Å². The summed E-state index contributed by atoms with van der Waals surface area (Å²) in [7, 11) is 0. The van der Waals surface area contributed by atoms with Gasteiger partial charge in [-0.15, -0.1) is 11.3 Å². The highest BCUT2D eigenvalue weighted by atomic mass is 32.1. The van der Waals surface area contributed by atoms with Crippen LogP contribution in [-0.2, 0) is 16.7 Å². The quantitative estimate of drug-likeness (QED) is 0.510. The molecule has 1 fully saturated rings. The van der Waals surface area contributed by atoms with Gasteiger partial charge >= 0.3 is 12.2 Å². The van der Waals surface area contributed by atoms with E-state index in [4.69, 9.17) is 4.74 Å². The summed E-state index contributed by atoms with van der Waals surface area (Å²) in [6, 6.07) is 6.49. The lowest BCUT2D eigenvalue weighted by atomic mass is 9.80. The van der Waals surface area contributed by atoms with E-state index in [9.17, 15) is 9.18 Å². The van der Waals surface area contributed by atoms with Crippen LogP contribution in [0.2, 0.25) is 0 Å². The average Bonchev–Trinajstić information content (AvgIpc) is 3.33. The molecular formula is C24H32F3N3O2S. The second-order valence-electron chi connectivity index (χ2n) is 9.61. The van der Waals surface area contributed by atoms with Gasteiger partial charge in [0.25, 0.3) is 0 Å². The van der Waals surface area contributed by atoms with Crippen LogP contribution in [0, 0.1) is 17.5 Å². The van der Waals surface area contributed by atoms with Crippen LogP contribution in [0.3, 0.4) is 0 Å². The number of nitrogens with zero attached hydrogens (tertiary/aromatic N) is 2. The molecule has 3 rings (SSSR count). The number of aromatic nitrogens is 1. The molecule has 2 aromatic rings. The van der Waals surface area contributed by atoms with Crippen LogP contribution < -0.4 is 5.32 Å². The molecule has 1 atom stereocenters. The number of carbonyl (C=O) groups is 1. The SMILES string of the molecule is Cc1ccc(C(C)(C)N2CCC(CCc3ccc(F)s3)(C(F)(F)OC(=O)NC(C)C)C2)cn1. The first kappa shape index (κ1) is 25.5. The molecule has 1 aliphatic rings. The van der Waals surface area contributed by atoms with Gasteiger partial charge in [0.1, 0.15) is 0 Å². The van der Waals surface area contributed by atoms with E-state index in [1.54, 1.807) is 26.1 Å². The molecule has 9 heteroatoms. The average molecular weight is 484 g/mol. The van der Waals surface area contributed by atoms with Crippen LogP contribution in [0.4, 0.5) is 18.0 Å². The van der Waals surface area contributed by atoms with Crippen molar-refractivity contribution in [2.75, 3.05) is 13.1 Å². The van der Waals surface area contributed by atoms with Crippen molar-refractivity contribution in [2.45, 2.75) is 71.6 Å². The van der Waals surface area contributed by atoms with Crippen molar-refractivity contribution in [3.8, 4) is 0 Å². The Morgan fingerprint density at radius 3 is 2.61 bits per heavy atom. The Morgan fingerprint density at radius 2 is 2.03 bits per heavy atom. The monoisotopic (exact) mass is 483 g/mol.